The molecule has 0 amide bonds. The zero-order valence-corrected chi connectivity index (χ0v) is 17.3. The van der Waals surface area contributed by atoms with Crippen molar-refractivity contribution in [1.29, 1.82) is 0 Å². The van der Waals surface area contributed by atoms with E-state index in [0.717, 1.165) is 11.6 Å². The number of ether oxygens (including phenoxy) is 3. The standard InChI is InChI=1S/C25H18O7/c1-29-23(27)11-12-31-16-8-10-20-22(14-16)32-21-13-15(26)7-9-19(21)24(20)17-5-3-4-6-18(17)25(28)30-2/h3-14H,1-2H3/b12-11+. The van der Waals surface area contributed by atoms with Gasteiger partial charge in [0.25, 0.3) is 0 Å². The van der Waals surface area contributed by atoms with E-state index in [-0.39, 0.29) is 5.43 Å². The third-order valence-corrected chi connectivity index (χ3v) is 4.88. The first-order valence-electron chi connectivity index (χ1n) is 9.61. The second-order valence-corrected chi connectivity index (χ2v) is 6.77. The molecule has 7 nitrogen and oxygen atoms in total. The summed E-state index contributed by atoms with van der Waals surface area (Å²) in [6.07, 6.45) is 2.35. The second kappa shape index (κ2) is 8.77. The molecule has 32 heavy (non-hydrogen) atoms. The van der Waals surface area contributed by atoms with Crippen LogP contribution in [-0.4, -0.2) is 26.2 Å². The molecular formula is C25H18O7. The van der Waals surface area contributed by atoms with Crippen molar-refractivity contribution in [3.63, 3.8) is 0 Å². The fourth-order valence-electron chi connectivity index (χ4n) is 3.44. The number of carbonyl (C=O) groups is 2. The molecule has 1 aliphatic carbocycles. The number of rotatable bonds is 5. The van der Waals surface area contributed by atoms with Gasteiger partial charge in [-0.3, -0.25) is 4.79 Å². The molecular weight excluding hydrogens is 412 g/mol. The Morgan fingerprint density at radius 3 is 2.50 bits per heavy atom. The highest BCUT2D eigenvalue weighted by Gasteiger charge is 2.22. The van der Waals surface area contributed by atoms with Gasteiger partial charge in [-0.05, 0) is 35.9 Å². The number of hydrogen-bond donors (Lipinski definition) is 0. The number of esters is 2. The first-order valence-corrected chi connectivity index (χ1v) is 9.61. The third kappa shape index (κ3) is 3.96. The van der Waals surface area contributed by atoms with Crippen molar-refractivity contribution in [2.75, 3.05) is 14.2 Å². The highest BCUT2D eigenvalue weighted by atomic mass is 16.5. The Labute approximate surface area is 182 Å². The molecule has 2 aromatic rings. The van der Waals surface area contributed by atoms with E-state index in [0.29, 0.717) is 39.2 Å². The Hall–Kier alpha value is -4.39. The van der Waals surface area contributed by atoms with Gasteiger partial charge in [0.1, 0.15) is 17.1 Å². The van der Waals surface area contributed by atoms with Crippen molar-refractivity contribution in [2.24, 2.45) is 0 Å². The normalized spacial score (nSPS) is 11.1. The molecule has 0 fully saturated rings. The SMILES string of the molecule is COC(=O)/C=C/Oc1ccc2c(-c3ccccc3C(=O)OC)c3ccc(=O)cc-3oc2c1. The molecule has 160 valence electrons. The minimum Gasteiger partial charge on any atom is -0.466 e. The van der Waals surface area contributed by atoms with Crippen LogP contribution >= 0.6 is 0 Å². The lowest BCUT2D eigenvalue weighted by Crippen LogP contribution is -2.05. The van der Waals surface area contributed by atoms with E-state index >= 15 is 0 Å². The van der Waals surface area contributed by atoms with Crippen LogP contribution < -0.4 is 10.2 Å². The van der Waals surface area contributed by atoms with Crippen LogP contribution in [0.1, 0.15) is 10.4 Å². The van der Waals surface area contributed by atoms with E-state index in [1.807, 2.05) is 12.1 Å². The summed E-state index contributed by atoms with van der Waals surface area (Å²) in [4.78, 5) is 35.6. The Morgan fingerprint density at radius 1 is 0.906 bits per heavy atom. The first-order chi connectivity index (χ1) is 15.5. The molecule has 0 bridgehead atoms. The molecule has 2 aromatic carbocycles. The van der Waals surface area contributed by atoms with Gasteiger partial charge >= 0.3 is 11.9 Å². The molecule has 0 radical (unpaired) electrons. The van der Waals surface area contributed by atoms with Crippen LogP contribution in [-0.2, 0) is 14.3 Å². The van der Waals surface area contributed by atoms with Gasteiger partial charge in [0, 0.05) is 28.6 Å². The minimum absolute atomic E-state index is 0.207. The summed E-state index contributed by atoms with van der Waals surface area (Å²) in [5.41, 5.74) is 2.65. The highest BCUT2D eigenvalue weighted by molar-refractivity contribution is 6.07. The highest BCUT2D eigenvalue weighted by Crippen LogP contribution is 2.42. The maximum Gasteiger partial charge on any atom is 0.338 e. The van der Waals surface area contributed by atoms with Gasteiger partial charge in [-0.25, -0.2) is 9.59 Å². The van der Waals surface area contributed by atoms with Crippen LogP contribution in [0.25, 0.3) is 33.4 Å². The summed E-state index contributed by atoms with van der Waals surface area (Å²) < 4.78 is 20.9. The number of methoxy groups -OCH3 is 2. The molecule has 7 heteroatoms. The summed E-state index contributed by atoms with van der Waals surface area (Å²) in [5, 5.41) is 0.705. The monoisotopic (exact) mass is 430 g/mol. The minimum atomic E-state index is -0.550. The fourth-order valence-corrected chi connectivity index (χ4v) is 3.44. The molecule has 0 atom stereocenters. The summed E-state index contributed by atoms with van der Waals surface area (Å²) in [6, 6.07) is 16.7. The molecule has 0 N–H and O–H groups in total. The zero-order valence-electron chi connectivity index (χ0n) is 17.3. The molecule has 4 rings (SSSR count). The average molecular weight is 430 g/mol. The second-order valence-electron chi connectivity index (χ2n) is 6.77. The van der Waals surface area contributed by atoms with E-state index < -0.39 is 11.9 Å². The molecule has 0 aromatic heterocycles. The zero-order chi connectivity index (χ0) is 22.7. The molecule has 1 heterocycles. The van der Waals surface area contributed by atoms with Gasteiger partial charge in [-0.15, -0.1) is 0 Å². The van der Waals surface area contributed by atoms with Crippen LogP contribution in [0.4, 0.5) is 0 Å². The number of hydrogen-bond acceptors (Lipinski definition) is 7. The van der Waals surface area contributed by atoms with Gasteiger partial charge in [0.15, 0.2) is 5.43 Å². The van der Waals surface area contributed by atoms with E-state index in [2.05, 4.69) is 4.74 Å². The predicted molar refractivity (Wildman–Crippen MR) is 118 cm³/mol. The van der Waals surface area contributed by atoms with Gasteiger partial charge in [0.2, 0.25) is 0 Å². The third-order valence-electron chi connectivity index (χ3n) is 4.88. The topological polar surface area (TPSA) is 92.0 Å². The van der Waals surface area contributed by atoms with Crippen molar-refractivity contribution < 1.29 is 28.2 Å². The van der Waals surface area contributed by atoms with Gasteiger partial charge < -0.3 is 18.6 Å². The number of benzene rings is 3. The quantitative estimate of drug-likeness (QED) is 0.200. The van der Waals surface area contributed by atoms with Crippen LogP contribution in [0.2, 0.25) is 0 Å². The van der Waals surface area contributed by atoms with Gasteiger partial charge in [-0.1, -0.05) is 18.2 Å². The predicted octanol–water partition coefficient (Wildman–Crippen LogP) is 4.42. The van der Waals surface area contributed by atoms with Crippen LogP contribution in [0.15, 0.2) is 82.2 Å². The van der Waals surface area contributed by atoms with Crippen LogP contribution in [0, 0.1) is 0 Å². The molecule has 1 aliphatic heterocycles. The first kappa shape index (κ1) is 20.9. The van der Waals surface area contributed by atoms with Crippen molar-refractivity contribution >= 4 is 22.9 Å². The van der Waals surface area contributed by atoms with Crippen molar-refractivity contribution in [3.05, 3.63) is 88.8 Å². The van der Waals surface area contributed by atoms with E-state index in [9.17, 15) is 14.4 Å². The maximum atomic E-state index is 12.4. The maximum absolute atomic E-state index is 12.4. The van der Waals surface area contributed by atoms with Gasteiger partial charge in [-0.2, -0.15) is 0 Å². The van der Waals surface area contributed by atoms with Crippen LogP contribution in [0.5, 0.6) is 5.75 Å². The van der Waals surface area contributed by atoms with Crippen molar-refractivity contribution in [2.45, 2.75) is 0 Å². The van der Waals surface area contributed by atoms with E-state index in [1.54, 1.807) is 36.4 Å². The Morgan fingerprint density at radius 2 is 1.72 bits per heavy atom. The largest absolute Gasteiger partial charge is 0.466 e. The number of fused-ring (bicyclic) bond motifs is 2. The lowest BCUT2D eigenvalue weighted by molar-refractivity contribution is -0.134. The molecule has 0 saturated heterocycles. The van der Waals surface area contributed by atoms with Crippen molar-refractivity contribution in [1.82, 2.24) is 0 Å². The Balaban J connectivity index is 1.96. The fraction of sp³-hybridized carbons (Fsp3) is 0.0800. The Bertz CT molecular complexity index is 1380. The lowest BCUT2D eigenvalue weighted by Gasteiger charge is -2.17. The van der Waals surface area contributed by atoms with Crippen LogP contribution in [0.3, 0.4) is 0 Å². The lowest BCUT2D eigenvalue weighted by atomic mass is 9.91. The summed E-state index contributed by atoms with van der Waals surface area (Å²) in [6.45, 7) is 0. The summed E-state index contributed by atoms with van der Waals surface area (Å²) >= 11 is 0. The summed E-state index contributed by atoms with van der Waals surface area (Å²) in [5.74, 6) is -0.254. The summed E-state index contributed by atoms with van der Waals surface area (Å²) in [7, 11) is 2.59. The van der Waals surface area contributed by atoms with E-state index in [4.69, 9.17) is 13.9 Å². The van der Waals surface area contributed by atoms with Crippen molar-refractivity contribution in [3.8, 4) is 28.2 Å². The molecule has 0 saturated carbocycles. The van der Waals surface area contributed by atoms with Gasteiger partial charge in [0.05, 0.1) is 32.1 Å². The Kier molecular flexibility index (Phi) is 5.72. The van der Waals surface area contributed by atoms with E-state index in [1.165, 1.54) is 32.6 Å². The molecule has 0 spiro atoms. The number of carbonyl (C=O) groups excluding carboxylic acids is 2. The molecule has 0 unspecified atom stereocenters. The molecule has 2 aliphatic rings. The smallest absolute Gasteiger partial charge is 0.338 e. The average Bonchev–Trinajstić information content (AvgIpc) is 2.81.